The SMILES string of the molecule is CCCCCCCCCCCCn1c(=O)c2nc3ccccc3nc2n(CCCCCCCCCCCC)c1=O. The molecule has 0 atom stereocenters. The average Bonchev–Trinajstić information content (AvgIpc) is 2.97. The standard InChI is InChI=1S/C34H54N4O2/c1-3-5-7-9-11-13-15-17-19-23-27-37-32-31(35-29-25-21-22-26-30(29)36-32)33(39)38(34(37)40)28-24-20-18-16-14-12-10-8-6-4-2/h21-22,25-26H,3-20,23-24,27-28H2,1-2H3. The monoisotopic (exact) mass is 550 g/mol. The number of aromatic nitrogens is 4. The van der Waals surface area contributed by atoms with Crippen molar-refractivity contribution < 1.29 is 0 Å². The first-order chi connectivity index (χ1) is 19.7. The maximum absolute atomic E-state index is 13.6. The number of benzene rings is 1. The van der Waals surface area contributed by atoms with Gasteiger partial charge >= 0.3 is 5.69 Å². The summed E-state index contributed by atoms with van der Waals surface area (Å²) in [5, 5.41) is 0. The Morgan fingerprint density at radius 2 is 0.925 bits per heavy atom. The van der Waals surface area contributed by atoms with Crippen molar-refractivity contribution in [2.45, 2.75) is 155 Å². The van der Waals surface area contributed by atoms with Crippen LogP contribution >= 0.6 is 0 Å². The van der Waals surface area contributed by atoms with E-state index in [1.54, 1.807) is 4.57 Å². The highest BCUT2D eigenvalue weighted by atomic mass is 16.2. The first kappa shape index (κ1) is 32.0. The topological polar surface area (TPSA) is 69.8 Å². The van der Waals surface area contributed by atoms with Crippen LogP contribution in [-0.2, 0) is 13.1 Å². The lowest BCUT2D eigenvalue weighted by atomic mass is 10.1. The van der Waals surface area contributed by atoms with Crippen molar-refractivity contribution in [3.8, 4) is 0 Å². The molecule has 6 nitrogen and oxygen atoms in total. The highest BCUT2D eigenvalue weighted by molar-refractivity contribution is 5.83. The molecule has 2 heterocycles. The molecule has 0 fully saturated rings. The Hall–Kier alpha value is -2.50. The quantitative estimate of drug-likeness (QED) is 0.0924. The summed E-state index contributed by atoms with van der Waals surface area (Å²) in [5.41, 5.74) is 1.64. The fraction of sp³-hybridized carbons (Fsp3) is 0.706. The summed E-state index contributed by atoms with van der Waals surface area (Å²) >= 11 is 0. The van der Waals surface area contributed by atoms with Gasteiger partial charge in [-0.2, -0.15) is 0 Å². The first-order valence-electron chi connectivity index (χ1n) is 16.6. The van der Waals surface area contributed by atoms with Gasteiger partial charge in [0.1, 0.15) is 0 Å². The van der Waals surface area contributed by atoms with E-state index in [1.165, 1.54) is 101 Å². The second-order valence-corrected chi connectivity index (χ2v) is 11.6. The Balaban J connectivity index is 1.60. The van der Waals surface area contributed by atoms with E-state index in [-0.39, 0.29) is 11.2 Å². The zero-order chi connectivity index (χ0) is 28.4. The molecule has 3 rings (SSSR count). The fourth-order valence-electron chi connectivity index (χ4n) is 5.69. The third-order valence-corrected chi connectivity index (χ3v) is 8.19. The van der Waals surface area contributed by atoms with Crippen LogP contribution in [0.1, 0.15) is 142 Å². The van der Waals surface area contributed by atoms with Crippen LogP contribution in [0, 0.1) is 0 Å². The van der Waals surface area contributed by atoms with Crippen LogP contribution in [0.2, 0.25) is 0 Å². The third kappa shape index (κ3) is 10.2. The Morgan fingerprint density at radius 3 is 1.40 bits per heavy atom. The summed E-state index contributed by atoms with van der Waals surface area (Å²) in [6, 6.07) is 7.60. The highest BCUT2D eigenvalue weighted by Crippen LogP contribution is 2.15. The van der Waals surface area contributed by atoms with Crippen LogP contribution in [0.15, 0.2) is 33.9 Å². The van der Waals surface area contributed by atoms with Gasteiger partial charge in [-0.15, -0.1) is 0 Å². The van der Waals surface area contributed by atoms with Gasteiger partial charge in [0.05, 0.1) is 11.0 Å². The molecule has 0 bridgehead atoms. The molecule has 0 aliphatic rings. The molecule has 3 aromatic rings. The predicted octanol–water partition coefficient (Wildman–Crippen LogP) is 8.95. The summed E-state index contributed by atoms with van der Waals surface area (Å²) < 4.78 is 3.14. The van der Waals surface area contributed by atoms with Crippen LogP contribution in [-0.4, -0.2) is 19.1 Å². The molecule has 0 amide bonds. The zero-order valence-corrected chi connectivity index (χ0v) is 25.5. The first-order valence-corrected chi connectivity index (χ1v) is 16.6. The lowest BCUT2D eigenvalue weighted by Crippen LogP contribution is -2.41. The number of para-hydroxylation sites is 2. The zero-order valence-electron chi connectivity index (χ0n) is 25.5. The van der Waals surface area contributed by atoms with E-state index >= 15 is 0 Å². The van der Waals surface area contributed by atoms with Gasteiger partial charge in [-0.05, 0) is 25.0 Å². The van der Waals surface area contributed by atoms with Crippen molar-refractivity contribution in [2.75, 3.05) is 0 Å². The molecular weight excluding hydrogens is 496 g/mol. The highest BCUT2D eigenvalue weighted by Gasteiger charge is 2.16. The van der Waals surface area contributed by atoms with Gasteiger partial charge in [0.2, 0.25) is 0 Å². The maximum Gasteiger partial charge on any atom is 0.332 e. The van der Waals surface area contributed by atoms with E-state index < -0.39 is 0 Å². The van der Waals surface area contributed by atoms with Crippen molar-refractivity contribution in [2.24, 2.45) is 0 Å². The number of unbranched alkanes of at least 4 members (excludes halogenated alkanes) is 18. The van der Waals surface area contributed by atoms with Gasteiger partial charge in [0.15, 0.2) is 11.2 Å². The van der Waals surface area contributed by atoms with E-state index in [0.29, 0.717) is 29.8 Å². The minimum atomic E-state index is -0.298. The smallest absolute Gasteiger partial charge is 0.276 e. The molecule has 40 heavy (non-hydrogen) atoms. The molecule has 0 saturated carbocycles. The molecule has 0 aliphatic heterocycles. The van der Waals surface area contributed by atoms with Gasteiger partial charge < -0.3 is 0 Å². The minimum Gasteiger partial charge on any atom is -0.276 e. The number of hydrogen-bond acceptors (Lipinski definition) is 4. The summed E-state index contributed by atoms with van der Waals surface area (Å²) in [6.45, 7) is 5.54. The van der Waals surface area contributed by atoms with Gasteiger partial charge in [-0.3, -0.25) is 13.9 Å². The van der Waals surface area contributed by atoms with Crippen LogP contribution < -0.4 is 11.2 Å². The number of aryl methyl sites for hydroxylation is 1. The lowest BCUT2D eigenvalue weighted by Gasteiger charge is -2.14. The Morgan fingerprint density at radius 1 is 0.525 bits per heavy atom. The molecule has 0 saturated heterocycles. The molecule has 0 N–H and O–H groups in total. The number of hydrogen-bond donors (Lipinski definition) is 0. The molecule has 0 unspecified atom stereocenters. The molecule has 0 radical (unpaired) electrons. The van der Waals surface area contributed by atoms with Crippen LogP contribution in [0.3, 0.4) is 0 Å². The molecular formula is C34H54N4O2. The summed E-state index contributed by atoms with van der Waals surface area (Å²) in [7, 11) is 0. The van der Waals surface area contributed by atoms with Crippen LogP contribution in [0.5, 0.6) is 0 Å². The Bertz CT molecular complexity index is 1250. The van der Waals surface area contributed by atoms with E-state index in [1.807, 2.05) is 24.3 Å². The van der Waals surface area contributed by atoms with E-state index in [4.69, 9.17) is 4.98 Å². The average molecular weight is 551 g/mol. The molecule has 6 heteroatoms. The second kappa shape index (κ2) is 18.8. The number of nitrogens with zero attached hydrogens (tertiary/aromatic N) is 4. The van der Waals surface area contributed by atoms with Gasteiger partial charge in [-0.1, -0.05) is 142 Å². The molecule has 1 aromatic carbocycles. The molecule has 0 aliphatic carbocycles. The van der Waals surface area contributed by atoms with E-state index in [9.17, 15) is 9.59 Å². The van der Waals surface area contributed by atoms with Crippen molar-refractivity contribution >= 4 is 22.2 Å². The van der Waals surface area contributed by atoms with Crippen molar-refractivity contribution in [3.63, 3.8) is 0 Å². The van der Waals surface area contributed by atoms with Crippen molar-refractivity contribution in [1.82, 2.24) is 19.1 Å². The molecule has 2 aromatic heterocycles. The Labute approximate surface area is 241 Å². The van der Waals surface area contributed by atoms with Gasteiger partial charge in [0.25, 0.3) is 5.56 Å². The normalized spacial score (nSPS) is 11.7. The Kier molecular flexibility index (Phi) is 15.0. The van der Waals surface area contributed by atoms with Crippen molar-refractivity contribution in [3.05, 3.63) is 45.1 Å². The summed E-state index contributed by atoms with van der Waals surface area (Å²) in [4.78, 5) is 36.4. The fourth-order valence-corrected chi connectivity index (χ4v) is 5.69. The van der Waals surface area contributed by atoms with Crippen LogP contribution in [0.4, 0.5) is 0 Å². The second-order valence-electron chi connectivity index (χ2n) is 11.6. The number of rotatable bonds is 22. The largest absolute Gasteiger partial charge is 0.332 e. The van der Waals surface area contributed by atoms with Crippen LogP contribution in [0.25, 0.3) is 22.2 Å². The minimum absolute atomic E-state index is 0.228. The molecule has 0 spiro atoms. The van der Waals surface area contributed by atoms with Gasteiger partial charge in [-0.25, -0.2) is 14.8 Å². The van der Waals surface area contributed by atoms with E-state index in [2.05, 4.69) is 18.8 Å². The number of fused-ring (bicyclic) bond motifs is 2. The van der Waals surface area contributed by atoms with E-state index in [0.717, 1.165) is 37.6 Å². The van der Waals surface area contributed by atoms with Crippen molar-refractivity contribution in [1.29, 1.82) is 0 Å². The predicted molar refractivity (Wildman–Crippen MR) is 169 cm³/mol. The summed E-state index contributed by atoms with van der Waals surface area (Å²) in [6.07, 6.45) is 24.6. The lowest BCUT2D eigenvalue weighted by molar-refractivity contribution is 0.492. The third-order valence-electron chi connectivity index (χ3n) is 8.19. The maximum atomic E-state index is 13.6. The van der Waals surface area contributed by atoms with Gasteiger partial charge in [0, 0.05) is 13.1 Å². The summed E-state index contributed by atoms with van der Waals surface area (Å²) in [5.74, 6) is 0. The molecule has 222 valence electrons.